The number of aryl methyl sites for hydroxylation is 1. The van der Waals surface area contributed by atoms with Crippen molar-refractivity contribution in [2.45, 2.75) is 59.2 Å². The van der Waals surface area contributed by atoms with Gasteiger partial charge in [0.05, 0.1) is 11.2 Å². The highest BCUT2D eigenvalue weighted by Crippen LogP contribution is 2.36. The molecule has 4 heteroatoms. The lowest BCUT2D eigenvalue weighted by molar-refractivity contribution is -0.114. The molecule has 118 valence electrons. The summed E-state index contributed by atoms with van der Waals surface area (Å²) < 4.78 is 12.2. The second-order valence-corrected chi connectivity index (χ2v) is 6.86. The van der Waals surface area contributed by atoms with Gasteiger partial charge in [-0.1, -0.05) is 36.8 Å². The molecule has 1 aliphatic heterocycles. The summed E-state index contributed by atoms with van der Waals surface area (Å²) in [6.07, 6.45) is 3.99. The fourth-order valence-corrected chi connectivity index (χ4v) is 2.29. The van der Waals surface area contributed by atoms with E-state index in [2.05, 4.69) is 0 Å². The van der Waals surface area contributed by atoms with Crippen LogP contribution in [0.15, 0.2) is 24.3 Å². The number of rotatable bonds is 4. The first-order valence-electron chi connectivity index (χ1n) is 7.83. The summed E-state index contributed by atoms with van der Waals surface area (Å²) in [5.74, 6) is 0.123. The Labute approximate surface area is 133 Å². The molecule has 0 spiro atoms. The van der Waals surface area contributed by atoms with Gasteiger partial charge in [0.15, 0.2) is 5.78 Å². The van der Waals surface area contributed by atoms with Crippen molar-refractivity contribution >= 4 is 24.4 Å². The van der Waals surface area contributed by atoms with Gasteiger partial charge in [0.2, 0.25) is 0 Å². The van der Waals surface area contributed by atoms with E-state index in [1.165, 1.54) is 0 Å². The van der Waals surface area contributed by atoms with E-state index < -0.39 is 0 Å². The third-order valence-corrected chi connectivity index (χ3v) is 4.62. The molecule has 0 aliphatic carbocycles. The molecule has 1 aromatic carbocycles. The zero-order valence-electron chi connectivity index (χ0n) is 14.4. The highest BCUT2D eigenvalue weighted by Gasteiger charge is 2.52. The summed E-state index contributed by atoms with van der Waals surface area (Å²) in [5, 5.41) is 0. The molecule has 22 heavy (non-hydrogen) atoms. The average Bonchev–Trinajstić information content (AvgIpc) is 2.66. The van der Waals surface area contributed by atoms with Crippen LogP contribution in [-0.4, -0.2) is 24.1 Å². The van der Waals surface area contributed by atoms with Crippen molar-refractivity contribution in [2.75, 3.05) is 0 Å². The van der Waals surface area contributed by atoms with Crippen molar-refractivity contribution < 1.29 is 14.1 Å². The Morgan fingerprint density at radius 1 is 1.18 bits per heavy atom. The van der Waals surface area contributed by atoms with Crippen LogP contribution in [0.25, 0.3) is 6.08 Å². The van der Waals surface area contributed by atoms with Crippen molar-refractivity contribution in [1.29, 1.82) is 0 Å². The number of hydrogen-bond donors (Lipinski definition) is 0. The average molecular weight is 300 g/mol. The first-order chi connectivity index (χ1) is 10.2. The van der Waals surface area contributed by atoms with Gasteiger partial charge in [-0.05, 0) is 51.7 Å². The fraction of sp³-hybridized carbons (Fsp3) is 0.500. The quantitative estimate of drug-likeness (QED) is 0.632. The number of benzene rings is 1. The van der Waals surface area contributed by atoms with E-state index in [9.17, 15) is 4.79 Å². The van der Waals surface area contributed by atoms with Gasteiger partial charge in [0.1, 0.15) is 0 Å². The highest BCUT2D eigenvalue weighted by atomic mass is 16.7. The van der Waals surface area contributed by atoms with Crippen LogP contribution < -0.4 is 5.46 Å². The molecule has 0 bridgehead atoms. The van der Waals surface area contributed by atoms with Gasteiger partial charge in [0, 0.05) is 6.42 Å². The van der Waals surface area contributed by atoms with Crippen LogP contribution in [0.2, 0.25) is 0 Å². The number of carbonyl (C=O) groups excluding carboxylic acids is 1. The Kier molecular flexibility index (Phi) is 4.64. The SMILES string of the molecule is CCC(=O)/C=C/c1ccc(C)c(B2OC(C)(C)C(C)(C)O2)c1. The predicted octanol–water partition coefficient (Wildman–Crippen LogP) is 3.29. The molecule has 0 aromatic heterocycles. The molecule has 1 saturated heterocycles. The van der Waals surface area contributed by atoms with Crippen LogP contribution >= 0.6 is 0 Å². The van der Waals surface area contributed by atoms with Gasteiger partial charge >= 0.3 is 7.12 Å². The minimum Gasteiger partial charge on any atom is -0.399 e. The minimum absolute atomic E-state index is 0.123. The van der Waals surface area contributed by atoms with E-state index in [1.54, 1.807) is 6.08 Å². The van der Waals surface area contributed by atoms with Crippen LogP contribution in [0.5, 0.6) is 0 Å². The maximum atomic E-state index is 11.4. The molecular weight excluding hydrogens is 275 g/mol. The molecule has 0 atom stereocenters. The highest BCUT2D eigenvalue weighted by molar-refractivity contribution is 6.62. The topological polar surface area (TPSA) is 35.5 Å². The Balaban J connectivity index is 2.29. The molecule has 1 aromatic rings. The summed E-state index contributed by atoms with van der Waals surface area (Å²) in [4.78, 5) is 11.4. The van der Waals surface area contributed by atoms with Crippen molar-refractivity contribution in [3.05, 3.63) is 35.4 Å². The monoisotopic (exact) mass is 300 g/mol. The molecule has 0 amide bonds. The fourth-order valence-electron chi connectivity index (χ4n) is 2.29. The molecule has 0 unspecified atom stereocenters. The first kappa shape index (κ1) is 17.0. The molecule has 3 nitrogen and oxygen atoms in total. The lowest BCUT2D eigenvalue weighted by Crippen LogP contribution is -2.41. The second-order valence-electron chi connectivity index (χ2n) is 6.86. The third-order valence-electron chi connectivity index (χ3n) is 4.62. The van der Waals surface area contributed by atoms with Crippen molar-refractivity contribution in [3.8, 4) is 0 Å². The minimum atomic E-state index is -0.375. The molecule has 1 fully saturated rings. The summed E-state index contributed by atoms with van der Waals surface area (Å²) in [5.41, 5.74) is 2.42. The first-order valence-corrected chi connectivity index (χ1v) is 7.83. The molecule has 1 aliphatic rings. The zero-order chi connectivity index (χ0) is 16.5. The molecule has 0 saturated carbocycles. The number of allylic oxidation sites excluding steroid dienone is 1. The Hall–Kier alpha value is -1.39. The molecule has 0 radical (unpaired) electrons. The van der Waals surface area contributed by atoms with E-state index in [-0.39, 0.29) is 24.1 Å². The smallest absolute Gasteiger partial charge is 0.399 e. The van der Waals surface area contributed by atoms with Crippen molar-refractivity contribution in [1.82, 2.24) is 0 Å². The summed E-state index contributed by atoms with van der Waals surface area (Å²) in [6.45, 7) is 12.1. The molecule has 1 heterocycles. The lowest BCUT2D eigenvalue weighted by Gasteiger charge is -2.32. The lowest BCUT2D eigenvalue weighted by atomic mass is 9.75. The molecular formula is C18H25BO3. The molecule has 2 rings (SSSR count). The van der Waals surface area contributed by atoms with E-state index in [0.717, 1.165) is 16.6 Å². The Morgan fingerprint density at radius 3 is 2.32 bits per heavy atom. The largest absolute Gasteiger partial charge is 0.495 e. The van der Waals surface area contributed by atoms with Crippen LogP contribution in [0, 0.1) is 6.92 Å². The van der Waals surface area contributed by atoms with Gasteiger partial charge in [-0.25, -0.2) is 0 Å². The maximum absolute atomic E-state index is 11.4. The third kappa shape index (κ3) is 3.34. The number of hydrogen-bond acceptors (Lipinski definition) is 3. The standard InChI is InChI=1S/C18H25BO3/c1-7-15(20)11-10-14-9-8-13(2)16(12-14)19-21-17(3,4)18(5,6)22-19/h8-12H,7H2,1-6H3/b11-10+. The maximum Gasteiger partial charge on any atom is 0.495 e. The van der Waals surface area contributed by atoms with E-state index >= 15 is 0 Å². The summed E-state index contributed by atoms with van der Waals surface area (Å²) in [7, 11) is -0.375. The van der Waals surface area contributed by atoms with Crippen molar-refractivity contribution in [2.24, 2.45) is 0 Å². The van der Waals surface area contributed by atoms with Gasteiger partial charge < -0.3 is 9.31 Å². The van der Waals surface area contributed by atoms with Crippen LogP contribution in [-0.2, 0) is 14.1 Å². The zero-order valence-corrected chi connectivity index (χ0v) is 14.4. The van der Waals surface area contributed by atoms with Crippen LogP contribution in [0.4, 0.5) is 0 Å². The van der Waals surface area contributed by atoms with Gasteiger partial charge in [0.25, 0.3) is 0 Å². The van der Waals surface area contributed by atoms with Crippen LogP contribution in [0.3, 0.4) is 0 Å². The van der Waals surface area contributed by atoms with Gasteiger partial charge in [-0.15, -0.1) is 0 Å². The van der Waals surface area contributed by atoms with E-state index in [0.29, 0.717) is 6.42 Å². The molecule has 0 N–H and O–H groups in total. The van der Waals surface area contributed by atoms with E-state index in [4.69, 9.17) is 9.31 Å². The predicted molar refractivity (Wildman–Crippen MR) is 91.2 cm³/mol. The second kappa shape index (κ2) is 6.02. The van der Waals surface area contributed by atoms with E-state index in [1.807, 2.05) is 65.8 Å². The normalized spacial score (nSPS) is 19.8. The number of carbonyl (C=O) groups is 1. The van der Waals surface area contributed by atoms with Gasteiger partial charge in [-0.3, -0.25) is 4.79 Å². The summed E-state index contributed by atoms with van der Waals surface area (Å²) in [6, 6.07) is 6.08. The van der Waals surface area contributed by atoms with Crippen molar-refractivity contribution in [3.63, 3.8) is 0 Å². The Morgan fingerprint density at radius 2 is 1.77 bits per heavy atom. The van der Waals surface area contributed by atoms with Gasteiger partial charge in [-0.2, -0.15) is 0 Å². The van der Waals surface area contributed by atoms with Crippen LogP contribution in [0.1, 0.15) is 52.2 Å². The Bertz CT molecular complexity index is 586. The summed E-state index contributed by atoms with van der Waals surface area (Å²) >= 11 is 0. The number of ketones is 1.